The van der Waals surface area contributed by atoms with E-state index in [1.165, 1.54) is 16.4 Å². The van der Waals surface area contributed by atoms with Gasteiger partial charge in [-0.25, -0.2) is 8.42 Å². The van der Waals surface area contributed by atoms with E-state index in [2.05, 4.69) is 21.2 Å². The summed E-state index contributed by atoms with van der Waals surface area (Å²) in [5, 5.41) is 14.8. The van der Waals surface area contributed by atoms with Crippen LogP contribution in [0.4, 0.5) is 11.4 Å². The predicted octanol–water partition coefficient (Wildman–Crippen LogP) is 0.366. The fourth-order valence-electron chi connectivity index (χ4n) is 2.86. The van der Waals surface area contributed by atoms with Gasteiger partial charge in [0, 0.05) is 56.7 Å². The van der Waals surface area contributed by atoms with Crippen molar-refractivity contribution in [3.8, 4) is 0 Å². The van der Waals surface area contributed by atoms with Gasteiger partial charge in [-0.05, 0) is 6.07 Å². The molecule has 0 atom stereocenters. The van der Waals surface area contributed by atoms with Crippen LogP contribution in [0.2, 0.25) is 0 Å². The predicted molar refractivity (Wildman–Crippen MR) is 112 cm³/mol. The largest absolute Gasteiger partial charge is 0.367 e. The Hall–Kier alpha value is -1.32. The van der Waals surface area contributed by atoms with Crippen molar-refractivity contribution >= 4 is 47.4 Å². The van der Waals surface area contributed by atoms with E-state index >= 15 is 0 Å². The summed E-state index contributed by atoms with van der Waals surface area (Å²) in [5.41, 5.74) is -0.0840. The van der Waals surface area contributed by atoms with E-state index in [1.807, 2.05) is 0 Å². The maximum absolute atomic E-state index is 13.2. The second-order valence-electron chi connectivity index (χ2n) is 6.27. The van der Waals surface area contributed by atoms with E-state index < -0.39 is 25.1 Å². The van der Waals surface area contributed by atoms with Crippen molar-refractivity contribution in [1.82, 2.24) is 9.62 Å². The molecule has 1 aromatic carbocycles. The van der Waals surface area contributed by atoms with Crippen LogP contribution in [-0.4, -0.2) is 83.5 Å². The maximum Gasteiger partial charge on any atom is 0.270 e. The Morgan fingerprint density at radius 2 is 1.90 bits per heavy atom. The van der Waals surface area contributed by atoms with Crippen LogP contribution in [0, 0.1) is 10.1 Å². The molecule has 1 N–H and O–H groups in total. The molecule has 0 aliphatic carbocycles. The summed E-state index contributed by atoms with van der Waals surface area (Å²) in [7, 11) is -7.64. The first kappa shape index (κ1) is 24.0. The van der Waals surface area contributed by atoms with Gasteiger partial charge >= 0.3 is 0 Å². The first-order valence-corrected chi connectivity index (χ1v) is 13.1. The zero-order valence-corrected chi connectivity index (χ0v) is 19.0. The highest BCUT2D eigenvalue weighted by Crippen LogP contribution is 2.32. The van der Waals surface area contributed by atoms with Gasteiger partial charge in [0.05, 0.1) is 23.5 Å². The minimum Gasteiger partial charge on any atom is -0.367 e. The van der Waals surface area contributed by atoms with Crippen LogP contribution >= 0.6 is 15.9 Å². The quantitative estimate of drug-likeness (QED) is 0.203. The lowest BCUT2D eigenvalue weighted by molar-refractivity contribution is -0.385. The first-order valence-electron chi connectivity index (χ1n) is 8.71. The van der Waals surface area contributed by atoms with E-state index in [1.54, 1.807) is 4.90 Å². The van der Waals surface area contributed by atoms with Gasteiger partial charge in [-0.15, -0.1) is 0 Å². The van der Waals surface area contributed by atoms with Crippen LogP contribution in [0.25, 0.3) is 0 Å². The van der Waals surface area contributed by atoms with Crippen molar-refractivity contribution in [3.63, 3.8) is 0 Å². The number of alkyl halides is 1. The van der Waals surface area contributed by atoms with Crippen molar-refractivity contribution in [2.24, 2.45) is 0 Å². The summed E-state index contributed by atoms with van der Waals surface area (Å²) >= 11 is 3.29. The smallest absolute Gasteiger partial charge is 0.270 e. The Bertz CT molecular complexity index is 934. The second kappa shape index (κ2) is 10.1. The number of nitro groups is 1. The highest BCUT2D eigenvalue weighted by atomic mass is 79.9. The van der Waals surface area contributed by atoms with E-state index in [9.17, 15) is 26.9 Å². The molecule has 14 heteroatoms. The SMILES string of the molecule is CS(=O)(=O)OCCN(CCBr)c1ccc([N+](=O)[O-])cc1S(=O)(=O)N1CCNCC1. The fourth-order valence-corrected chi connectivity index (χ4v) is 5.34. The van der Waals surface area contributed by atoms with Crippen LogP contribution in [0.5, 0.6) is 0 Å². The van der Waals surface area contributed by atoms with Gasteiger partial charge in [0.2, 0.25) is 10.0 Å². The van der Waals surface area contributed by atoms with Crippen molar-refractivity contribution in [2.75, 3.05) is 62.4 Å². The minimum atomic E-state index is -3.99. The van der Waals surface area contributed by atoms with Crippen molar-refractivity contribution in [3.05, 3.63) is 28.3 Å². The monoisotopic (exact) mass is 514 g/mol. The molecule has 0 spiro atoms. The van der Waals surface area contributed by atoms with E-state index in [0.717, 1.165) is 12.3 Å². The third-order valence-corrected chi connectivity index (χ3v) is 7.08. The second-order valence-corrected chi connectivity index (χ2v) is 10.6. The molecule has 1 aliphatic heterocycles. The number of hydrogen-bond acceptors (Lipinski definition) is 9. The summed E-state index contributed by atoms with van der Waals surface area (Å²) < 4.78 is 55.0. The summed E-state index contributed by atoms with van der Waals surface area (Å²) in [4.78, 5) is 12.0. The van der Waals surface area contributed by atoms with E-state index in [-0.39, 0.29) is 42.5 Å². The zero-order valence-electron chi connectivity index (χ0n) is 15.8. The van der Waals surface area contributed by atoms with Crippen LogP contribution in [0.15, 0.2) is 23.1 Å². The van der Waals surface area contributed by atoms with Gasteiger partial charge in [0.15, 0.2) is 0 Å². The topological polar surface area (TPSA) is 139 Å². The van der Waals surface area contributed by atoms with Crippen molar-refractivity contribution in [1.29, 1.82) is 0 Å². The number of piperazine rings is 1. The number of nitro benzene ring substituents is 1. The Morgan fingerprint density at radius 3 is 2.45 bits per heavy atom. The lowest BCUT2D eigenvalue weighted by Gasteiger charge is -2.30. The molecular weight excluding hydrogens is 492 g/mol. The first-order chi connectivity index (χ1) is 13.6. The number of halogens is 1. The van der Waals surface area contributed by atoms with E-state index in [4.69, 9.17) is 4.18 Å². The number of nitrogens with zero attached hydrogens (tertiary/aromatic N) is 3. The molecule has 11 nitrogen and oxygen atoms in total. The Labute approximate surface area is 178 Å². The average molecular weight is 515 g/mol. The molecule has 1 fully saturated rings. The Morgan fingerprint density at radius 1 is 1.24 bits per heavy atom. The molecule has 1 heterocycles. The van der Waals surface area contributed by atoms with Gasteiger partial charge in [0.25, 0.3) is 15.8 Å². The molecule has 1 aliphatic rings. The number of non-ortho nitro benzene ring substituents is 1. The van der Waals surface area contributed by atoms with Crippen molar-refractivity contribution in [2.45, 2.75) is 4.90 Å². The third-order valence-electron chi connectivity index (χ3n) is 4.20. The maximum atomic E-state index is 13.2. The van der Waals surface area contributed by atoms with E-state index in [0.29, 0.717) is 25.0 Å². The average Bonchev–Trinajstić information content (AvgIpc) is 2.66. The Kier molecular flexibility index (Phi) is 8.37. The van der Waals surface area contributed by atoms with Gasteiger partial charge in [-0.1, -0.05) is 15.9 Å². The highest BCUT2D eigenvalue weighted by molar-refractivity contribution is 9.09. The molecule has 29 heavy (non-hydrogen) atoms. The van der Waals surface area contributed by atoms with Gasteiger partial charge in [-0.2, -0.15) is 12.7 Å². The fraction of sp³-hybridized carbons (Fsp3) is 0.600. The zero-order chi connectivity index (χ0) is 21.7. The highest BCUT2D eigenvalue weighted by Gasteiger charge is 2.31. The summed E-state index contributed by atoms with van der Waals surface area (Å²) in [6.45, 7) is 1.71. The molecule has 0 amide bonds. The van der Waals surface area contributed by atoms with Crippen LogP contribution in [0.1, 0.15) is 0 Å². The minimum absolute atomic E-state index is 0.0839. The summed E-state index contributed by atoms with van der Waals surface area (Å²) in [5.74, 6) is 0. The lowest BCUT2D eigenvalue weighted by atomic mass is 10.2. The number of anilines is 1. The molecule has 2 rings (SSSR count). The standard InChI is InChI=1S/C15H23BrN4O7S2/c1-28(23,24)27-11-10-18(7-4-16)14-3-2-13(20(21)22)12-15(14)29(25,26)19-8-5-17-6-9-19/h2-3,12,17H,4-11H2,1H3. The number of hydrogen-bond donors (Lipinski definition) is 1. The molecule has 164 valence electrons. The molecule has 0 bridgehead atoms. The normalized spacial score (nSPS) is 15.9. The molecule has 0 saturated carbocycles. The van der Waals surface area contributed by atoms with Crippen molar-refractivity contribution < 1.29 is 25.9 Å². The van der Waals surface area contributed by atoms with Crippen LogP contribution in [0.3, 0.4) is 0 Å². The molecular formula is C15H23BrN4O7S2. The molecule has 0 aromatic heterocycles. The number of rotatable bonds is 10. The number of nitrogens with one attached hydrogen (secondary N) is 1. The summed E-state index contributed by atoms with van der Waals surface area (Å²) in [6, 6.07) is 3.65. The van der Waals surface area contributed by atoms with Gasteiger partial charge < -0.3 is 10.2 Å². The lowest BCUT2D eigenvalue weighted by Crippen LogP contribution is -2.46. The molecule has 1 aromatic rings. The molecule has 1 saturated heterocycles. The molecule has 0 unspecified atom stereocenters. The number of sulfonamides is 1. The summed E-state index contributed by atoms with van der Waals surface area (Å²) in [6.07, 6.45) is 0.925. The third kappa shape index (κ3) is 6.58. The van der Waals surface area contributed by atoms with Gasteiger partial charge in [-0.3, -0.25) is 14.3 Å². The van der Waals surface area contributed by atoms with Crippen LogP contribution in [-0.2, 0) is 24.3 Å². The van der Waals surface area contributed by atoms with Gasteiger partial charge in [0.1, 0.15) is 4.90 Å². The van der Waals surface area contributed by atoms with Crippen LogP contribution < -0.4 is 10.2 Å². The Balaban J connectivity index is 2.46. The molecule has 0 radical (unpaired) electrons. The number of benzene rings is 1.